The molecule has 3 aromatic rings. The van der Waals surface area contributed by atoms with Crippen molar-refractivity contribution in [1.82, 2.24) is 25.8 Å². The lowest BCUT2D eigenvalue weighted by molar-refractivity contribution is 0.423. The second-order valence-electron chi connectivity index (χ2n) is 6.69. The van der Waals surface area contributed by atoms with E-state index in [1.807, 2.05) is 26.0 Å². The van der Waals surface area contributed by atoms with Gasteiger partial charge in [0.2, 0.25) is 0 Å². The minimum absolute atomic E-state index is 0.570. The number of benzene rings is 1. The molecule has 0 saturated carbocycles. The van der Waals surface area contributed by atoms with E-state index in [9.17, 15) is 0 Å². The van der Waals surface area contributed by atoms with Crippen molar-refractivity contribution in [2.75, 3.05) is 13.1 Å². The van der Waals surface area contributed by atoms with Crippen molar-refractivity contribution in [1.29, 1.82) is 0 Å². The number of hydrogen-bond acceptors (Lipinski definition) is 6. The number of aryl methyl sites for hydroxylation is 3. The van der Waals surface area contributed by atoms with Crippen LogP contribution in [0.3, 0.4) is 0 Å². The fourth-order valence-electron chi connectivity index (χ4n) is 2.75. The summed E-state index contributed by atoms with van der Waals surface area (Å²) in [6.07, 6.45) is 1.66. The van der Waals surface area contributed by atoms with Crippen LogP contribution in [0.25, 0.3) is 11.5 Å². The molecule has 3 rings (SSSR count). The first-order valence-electron chi connectivity index (χ1n) is 9.96. The summed E-state index contributed by atoms with van der Waals surface area (Å²) in [7, 11) is 0. The van der Waals surface area contributed by atoms with Crippen LogP contribution < -0.4 is 10.6 Å². The Morgan fingerprint density at radius 1 is 1.10 bits per heavy atom. The normalized spacial score (nSPS) is 11.7. The largest absolute Gasteiger partial charge is 0.357 e. The van der Waals surface area contributed by atoms with Gasteiger partial charge in [0, 0.05) is 30.0 Å². The van der Waals surface area contributed by atoms with Crippen molar-refractivity contribution >= 4 is 17.3 Å². The first-order valence-corrected chi connectivity index (χ1v) is 10.8. The molecule has 2 N–H and O–H groups in total. The topological polar surface area (TPSA) is 88.2 Å². The molecule has 1 aromatic carbocycles. The summed E-state index contributed by atoms with van der Waals surface area (Å²) < 4.78 is 5.29. The van der Waals surface area contributed by atoms with Crippen LogP contribution in [-0.4, -0.2) is 34.2 Å². The molecule has 8 heteroatoms. The Bertz CT molecular complexity index is 925. The maximum atomic E-state index is 5.29. The Balaban J connectivity index is 1.53. The fraction of sp³-hybridized carbons (Fsp3) is 0.429. The van der Waals surface area contributed by atoms with E-state index < -0.39 is 0 Å². The van der Waals surface area contributed by atoms with Gasteiger partial charge in [0.15, 0.2) is 11.8 Å². The zero-order valence-corrected chi connectivity index (χ0v) is 18.3. The molecule has 29 heavy (non-hydrogen) atoms. The van der Waals surface area contributed by atoms with Crippen LogP contribution in [0.4, 0.5) is 0 Å². The van der Waals surface area contributed by atoms with Gasteiger partial charge in [-0.3, -0.25) is 0 Å². The zero-order chi connectivity index (χ0) is 20.6. The van der Waals surface area contributed by atoms with Crippen LogP contribution in [-0.2, 0) is 19.4 Å². The predicted molar refractivity (Wildman–Crippen MR) is 117 cm³/mol. The number of aliphatic imine (C=N–C) groups is 1. The average Bonchev–Trinajstić information content (AvgIpc) is 3.33. The molecule has 0 aliphatic carbocycles. The van der Waals surface area contributed by atoms with Gasteiger partial charge < -0.3 is 15.2 Å². The standard InChI is InChI=1S/C21H28N6OS/c1-5-18-26-20(28-27-18)17-9-7-16(8-10-17)11-12-23-21(22-6-2)24-13-19-25-14(3)15(4)29-19/h7-10H,5-6,11-13H2,1-4H3,(H2,22,23,24). The summed E-state index contributed by atoms with van der Waals surface area (Å²) in [5.74, 6) is 2.11. The third-order valence-corrected chi connectivity index (χ3v) is 5.54. The highest BCUT2D eigenvalue weighted by atomic mass is 32.1. The van der Waals surface area contributed by atoms with E-state index in [1.54, 1.807) is 11.3 Å². The fourth-order valence-corrected chi connectivity index (χ4v) is 3.61. The van der Waals surface area contributed by atoms with Crippen LogP contribution >= 0.6 is 11.3 Å². The quantitative estimate of drug-likeness (QED) is 0.433. The number of aromatic nitrogens is 3. The first-order chi connectivity index (χ1) is 14.1. The maximum absolute atomic E-state index is 5.29. The van der Waals surface area contributed by atoms with Crippen molar-refractivity contribution in [3.05, 3.63) is 51.2 Å². The Morgan fingerprint density at radius 3 is 2.52 bits per heavy atom. The van der Waals surface area contributed by atoms with Gasteiger partial charge >= 0.3 is 0 Å². The van der Waals surface area contributed by atoms with E-state index in [-0.39, 0.29) is 0 Å². The minimum atomic E-state index is 0.570. The zero-order valence-electron chi connectivity index (χ0n) is 17.5. The van der Waals surface area contributed by atoms with Crippen molar-refractivity contribution in [3.8, 4) is 11.5 Å². The summed E-state index contributed by atoms with van der Waals surface area (Å²) >= 11 is 1.71. The highest BCUT2D eigenvalue weighted by molar-refractivity contribution is 7.11. The predicted octanol–water partition coefficient (Wildman–Crippen LogP) is 3.67. The number of hydrogen-bond donors (Lipinski definition) is 2. The molecule has 0 bridgehead atoms. The maximum Gasteiger partial charge on any atom is 0.257 e. The van der Waals surface area contributed by atoms with Crippen molar-refractivity contribution < 1.29 is 4.52 Å². The first kappa shape index (κ1) is 21.0. The van der Waals surface area contributed by atoms with Gasteiger partial charge in [-0.1, -0.05) is 24.2 Å². The molecule has 0 radical (unpaired) electrons. The molecule has 0 aliphatic heterocycles. The number of rotatable bonds is 8. The highest BCUT2D eigenvalue weighted by Crippen LogP contribution is 2.18. The van der Waals surface area contributed by atoms with Gasteiger partial charge in [0.05, 0.1) is 12.2 Å². The summed E-state index contributed by atoms with van der Waals surface area (Å²) in [6, 6.07) is 8.24. The molecule has 7 nitrogen and oxygen atoms in total. The van der Waals surface area contributed by atoms with E-state index in [0.29, 0.717) is 12.4 Å². The van der Waals surface area contributed by atoms with Gasteiger partial charge in [0.1, 0.15) is 5.01 Å². The molecule has 0 amide bonds. The molecular weight excluding hydrogens is 384 g/mol. The van der Waals surface area contributed by atoms with Gasteiger partial charge in [-0.25, -0.2) is 9.98 Å². The number of nitrogens with zero attached hydrogens (tertiary/aromatic N) is 4. The van der Waals surface area contributed by atoms with Gasteiger partial charge in [-0.2, -0.15) is 4.98 Å². The molecule has 0 atom stereocenters. The smallest absolute Gasteiger partial charge is 0.257 e. The summed E-state index contributed by atoms with van der Waals surface area (Å²) in [5, 5.41) is 11.7. The molecular formula is C21H28N6OS. The molecule has 0 aliphatic rings. The van der Waals surface area contributed by atoms with Gasteiger partial charge in [-0.05, 0) is 44.9 Å². The van der Waals surface area contributed by atoms with Crippen molar-refractivity contribution in [2.45, 2.75) is 47.1 Å². The molecule has 2 aromatic heterocycles. The highest BCUT2D eigenvalue weighted by Gasteiger charge is 2.08. The molecule has 0 saturated heterocycles. The number of guanidine groups is 1. The Morgan fingerprint density at radius 2 is 1.90 bits per heavy atom. The van der Waals surface area contributed by atoms with E-state index >= 15 is 0 Å². The van der Waals surface area contributed by atoms with E-state index in [4.69, 9.17) is 4.52 Å². The van der Waals surface area contributed by atoms with Crippen LogP contribution in [0, 0.1) is 13.8 Å². The Labute approximate surface area is 175 Å². The molecule has 0 unspecified atom stereocenters. The summed E-state index contributed by atoms with van der Waals surface area (Å²) in [5.41, 5.74) is 3.27. The summed E-state index contributed by atoms with van der Waals surface area (Å²) in [4.78, 5) is 14.8. The second kappa shape index (κ2) is 10.2. The monoisotopic (exact) mass is 412 g/mol. The summed E-state index contributed by atoms with van der Waals surface area (Å²) in [6.45, 7) is 10.4. The van der Waals surface area contributed by atoms with Crippen LogP contribution in [0.15, 0.2) is 33.8 Å². The average molecular weight is 413 g/mol. The van der Waals surface area contributed by atoms with Crippen molar-refractivity contribution in [3.63, 3.8) is 0 Å². The Kier molecular flexibility index (Phi) is 7.35. The second-order valence-corrected chi connectivity index (χ2v) is 7.98. The van der Waals surface area contributed by atoms with Gasteiger partial charge in [0.25, 0.3) is 5.89 Å². The van der Waals surface area contributed by atoms with Crippen LogP contribution in [0.1, 0.15) is 40.8 Å². The third-order valence-electron chi connectivity index (χ3n) is 4.48. The Hall–Kier alpha value is -2.74. The SMILES string of the molecule is CCNC(=NCc1nc(C)c(C)s1)NCCc1ccc(-c2nc(CC)no2)cc1. The molecule has 0 fully saturated rings. The van der Waals surface area contributed by atoms with E-state index in [1.165, 1.54) is 10.4 Å². The molecule has 0 spiro atoms. The lowest BCUT2D eigenvalue weighted by atomic mass is 10.1. The number of thiazole rings is 1. The molecule has 154 valence electrons. The van der Waals surface area contributed by atoms with Crippen molar-refractivity contribution in [2.24, 2.45) is 4.99 Å². The third kappa shape index (κ3) is 5.87. The minimum Gasteiger partial charge on any atom is -0.357 e. The van der Waals surface area contributed by atoms with E-state index in [0.717, 1.165) is 54.0 Å². The lowest BCUT2D eigenvalue weighted by Crippen LogP contribution is -2.38. The van der Waals surface area contributed by atoms with E-state index in [2.05, 4.69) is 56.7 Å². The van der Waals surface area contributed by atoms with Gasteiger partial charge in [-0.15, -0.1) is 11.3 Å². The van der Waals surface area contributed by atoms with Crippen LogP contribution in [0.2, 0.25) is 0 Å². The van der Waals surface area contributed by atoms with Crippen LogP contribution in [0.5, 0.6) is 0 Å². The number of nitrogens with one attached hydrogen (secondary N) is 2. The molecule has 2 heterocycles. The lowest BCUT2D eigenvalue weighted by Gasteiger charge is -2.11.